The van der Waals surface area contributed by atoms with Crippen LogP contribution >= 0.6 is 27.7 Å². The lowest BCUT2D eigenvalue weighted by atomic mass is 10.1. The van der Waals surface area contributed by atoms with Gasteiger partial charge in [0.15, 0.2) is 0 Å². The number of aromatic nitrogens is 2. The maximum atomic E-state index is 12.0. The van der Waals surface area contributed by atoms with Crippen molar-refractivity contribution in [1.82, 2.24) is 10.2 Å². The number of hydrogen-bond donors (Lipinski definition) is 2. The second-order valence-corrected chi connectivity index (χ2v) is 7.33. The molecule has 0 aliphatic carbocycles. The molecule has 138 valence electrons. The number of halogens is 1. The summed E-state index contributed by atoms with van der Waals surface area (Å²) in [7, 11) is 0. The Morgan fingerprint density at radius 3 is 2.44 bits per heavy atom. The van der Waals surface area contributed by atoms with Gasteiger partial charge in [0.2, 0.25) is 11.8 Å². The van der Waals surface area contributed by atoms with Crippen molar-refractivity contribution in [2.45, 2.75) is 11.6 Å². The Bertz CT molecular complexity index is 942. The van der Waals surface area contributed by atoms with Crippen molar-refractivity contribution in [1.29, 1.82) is 0 Å². The number of carbonyl (C=O) groups is 2. The highest BCUT2D eigenvalue weighted by atomic mass is 79.9. The van der Waals surface area contributed by atoms with E-state index < -0.39 is 5.97 Å². The summed E-state index contributed by atoms with van der Waals surface area (Å²) in [6.07, 6.45) is -0.0536. The highest BCUT2D eigenvalue weighted by molar-refractivity contribution is 9.10. The zero-order valence-corrected chi connectivity index (χ0v) is 16.3. The Morgan fingerprint density at radius 1 is 1.07 bits per heavy atom. The number of aliphatic carboxylic acids is 1. The minimum Gasteiger partial charge on any atom is -0.481 e. The maximum absolute atomic E-state index is 12.0. The van der Waals surface area contributed by atoms with Crippen molar-refractivity contribution < 1.29 is 19.1 Å². The molecule has 1 aromatic heterocycles. The van der Waals surface area contributed by atoms with Gasteiger partial charge in [0.25, 0.3) is 5.22 Å². The highest BCUT2D eigenvalue weighted by Gasteiger charge is 2.11. The van der Waals surface area contributed by atoms with E-state index in [-0.39, 0.29) is 18.1 Å². The van der Waals surface area contributed by atoms with E-state index in [2.05, 4.69) is 31.4 Å². The van der Waals surface area contributed by atoms with Crippen LogP contribution in [0.1, 0.15) is 5.56 Å². The molecule has 0 radical (unpaired) electrons. The molecule has 2 N–H and O–H groups in total. The Morgan fingerprint density at radius 2 is 1.78 bits per heavy atom. The van der Waals surface area contributed by atoms with Crippen LogP contribution in [0.4, 0.5) is 5.69 Å². The number of carboxylic acids is 1. The van der Waals surface area contributed by atoms with Crippen LogP contribution < -0.4 is 5.32 Å². The molecule has 2 aromatic carbocycles. The molecular weight excluding hydrogens is 434 g/mol. The van der Waals surface area contributed by atoms with E-state index in [1.165, 1.54) is 0 Å². The number of amides is 1. The normalized spacial score (nSPS) is 10.6. The van der Waals surface area contributed by atoms with E-state index in [4.69, 9.17) is 9.52 Å². The number of hydrogen-bond acceptors (Lipinski definition) is 6. The summed E-state index contributed by atoms with van der Waals surface area (Å²) >= 11 is 4.50. The molecule has 3 rings (SSSR count). The first-order chi connectivity index (χ1) is 13.0. The fourth-order valence-corrected chi connectivity index (χ4v) is 3.01. The molecule has 0 aliphatic rings. The molecule has 7 nitrogen and oxygen atoms in total. The Hall–Kier alpha value is -2.65. The van der Waals surface area contributed by atoms with Gasteiger partial charge in [0, 0.05) is 15.7 Å². The fraction of sp³-hybridized carbons (Fsp3) is 0.111. The van der Waals surface area contributed by atoms with Crippen molar-refractivity contribution >= 4 is 45.3 Å². The topological polar surface area (TPSA) is 105 Å². The number of nitrogens with zero attached hydrogens (tertiary/aromatic N) is 2. The van der Waals surface area contributed by atoms with Crippen LogP contribution in [-0.2, 0) is 16.0 Å². The van der Waals surface area contributed by atoms with Crippen molar-refractivity contribution in [3.8, 4) is 11.5 Å². The molecule has 0 saturated heterocycles. The number of carboxylic acid groups (broad SMARTS) is 1. The zero-order valence-electron chi connectivity index (χ0n) is 13.9. The Labute approximate surface area is 167 Å². The van der Waals surface area contributed by atoms with Crippen LogP contribution in [0.3, 0.4) is 0 Å². The average Bonchev–Trinajstić information content (AvgIpc) is 3.11. The zero-order chi connectivity index (χ0) is 19.2. The van der Waals surface area contributed by atoms with Gasteiger partial charge >= 0.3 is 5.97 Å². The van der Waals surface area contributed by atoms with Gasteiger partial charge in [0.05, 0.1) is 12.2 Å². The number of nitrogens with one attached hydrogen (secondary N) is 1. The quantitative estimate of drug-likeness (QED) is 0.529. The van der Waals surface area contributed by atoms with Crippen molar-refractivity contribution in [3.05, 3.63) is 58.6 Å². The first-order valence-electron chi connectivity index (χ1n) is 7.82. The van der Waals surface area contributed by atoms with E-state index in [1.54, 1.807) is 24.3 Å². The van der Waals surface area contributed by atoms with Gasteiger partial charge in [0.1, 0.15) is 0 Å². The molecule has 0 atom stereocenters. The number of thioether (sulfide) groups is 1. The van der Waals surface area contributed by atoms with Crippen LogP contribution in [0.25, 0.3) is 11.5 Å². The molecule has 0 bridgehead atoms. The van der Waals surface area contributed by atoms with E-state index in [1.807, 2.05) is 24.3 Å². The minimum atomic E-state index is -0.898. The van der Waals surface area contributed by atoms with E-state index in [0.29, 0.717) is 22.4 Å². The lowest BCUT2D eigenvalue weighted by Gasteiger charge is -2.05. The van der Waals surface area contributed by atoms with Crippen LogP contribution in [0.15, 0.2) is 62.6 Å². The molecule has 1 amide bonds. The van der Waals surface area contributed by atoms with E-state index in [9.17, 15) is 9.59 Å². The van der Waals surface area contributed by atoms with Crippen LogP contribution in [0, 0.1) is 0 Å². The van der Waals surface area contributed by atoms with Crippen molar-refractivity contribution in [3.63, 3.8) is 0 Å². The third-order valence-electron chi connectivity index (χ3n) is 3.42. The average molecular weight is 448 g/mol. The predicted octanol–water partition coefficient (Wildman–Crippen LogP) is 3.86. The molecule has 0 saturated carbocycles. The van der Waals surface area contributed by atoms with Gasteiger partial charge in [-0.2, -0.15) is 0 Å². The van der Waals surface area contributed by atoms with Gasteiger partial charge in [-0.15, -0.1) is 10.2 Å². The Kier molecular flexibility index (Phi) is 6.25. The maximum Gasteiger partial charge on any atom is 0.307 e. The lowest BCUT2D eigenvalue weighted by Crippen LogP contribution is -2.14. The number of carbonyl (C=O) groups excluding carboxylic acids is 1. The van der Waals surface area contributed by atoms with Gasteiger partial charge in [-0.05, 0) is 42.0 Å². The van der Waals surface area contributed by atoms with Gasteiger partial charge in [-0.1, -0.05) is 39.8 Å². The minimum absolute atomic E-state index is 0.0536. The predicted molar refractivity (Wildman–Crippen MR) is 105 cm³/mol. The Balaban J connectivity index is 1.52. The van der Waals surface area contributed by atoms with E-state index >= 15 is 0 Å². The van der Waals surface area contributed by atoms with Crippen molar-refractivity contribution in [2.24, 2.45) is 0 Å². The van der Waals surface area contributed by atoms with Gasteiger partial charge in [-0.3, -0.25) is 9.59 Å². The molecule has 9 heteroatoms. The molecule has 0 unspecified atom stereocenters. The SMILES string of the molecule is O=C(O)Cc1ccc(NC(=O)CSc2nnc(-c3ccc(Br)cc3)o2)cc1. The standard InChI is InChI=1S/C18H14BrN3O4S/c19-13-5-3-12(4-6-13)17-21-22-18(26-17)27-10-15(23)20-14-7-1-11(2-8-14)9-16(24)25/h1-8H,9-10H2,(H,20,23)(H,24,25). The second-order valence-electron chi connectivity index (χ2n) is 5.48. The molecule has 0 spiro atoms. The summed E-state index contributed by atoms with van der Waals surface area (Å²) in [4.78, 5) is 22.7. The number of anilines is 1. The highest BCUT2D eigenvalue weighted by Crippen LogP contribution is 2.24. The van der Waals surface area contributed by atoms with Crippen LogP contribution in [0.5, 0.6) is 0 Å². The van der Waals surface area contributed by atoms with Crippen LogP contribution in [-0.4, -0.2) is 32.9 Å². The van der Waals surface area contributed by atoms with Crippen LogP contribution in [0.2, 0.25) is 0 Å². The summed E-state index contributed by atoms with van der Waals surface area (Å²) in [5.74, 6) is -0.627. The molecule has 27 heavy (non-hydrogen) atoms. The van der Waals surface area contributed by atoms with Crippen molar-refractivity contribution in [2.75, 3.05) is 11.1 Å². The molecular formula is C18H14BrN3O4S. The molecule has 3 aromatic rings. The second kappa shape index (κ2) is 8.83. The summed E-state index contributed by atoms with van der Waals surface area (Å²) in [6, 6.07) is 14.1. The van der Waals surface area contributed by atoms with Gasteiger partial charge in [-0.25, -0.2) is 0 Å². The third-order valence-corrected chi connectivity index (χ3v) is 4.76. The summed E-state index contributed by atoms with van der Waals surface area (Å²) in [6.45, 7) is 0. The smallest absolute Gasteiger partial charge is 0.307 e. The summed E-state index contributed by atoms with van der Waals surface area (Å²) in [5.41, 5.74) is 2.06. The number of benzene rings is 2. The fourth-order valence-electron chi connectivity index (χ4n) is 2.18. The lowest BCUT2D eigenvalue weighted by molar-refractivity contribution is -0.136. The van der Waals surface area contributed by atoms with E-state index in [0.717, 1.165) is 21.8 Å². The molecule has 1 heterocycles. The third kappa shape index (κ3) is 5.66. The first kappa shape index (κ1) is 19.1. The number of rotatable bonds is 7. The largest absolute Gasteiger partial charge is 0.481 e. The molecule has 0 fully saturated rings. The van der Waals surface area contributed by atoms with Gasteiger partial charge < -0.3 is 14.8 Å². The monoisotopic (exact) mass is 447 g/mol. The summed E-state index contributed by atoms with van der Waals surface area (Å²) < 4.78 is 6.50. The summed E-state index contributed by atoms with van der Waals surface area (Å²) in [5, 5.41) is 19.7. The first-order valence-corrected chi connectivity index (χ1v) is 9.60. The molecule has 0 aliphatic heterocycles.